The van der Waals surface area contributed by atoms with Crippen LogP contribution < -0.4 is 0 Å². The summed E-state index contributed by atoms with van der Waals surface area (Å²) in [5.41, 5.74) is 0. The maximum absolute atomic E-state index is 4.32. The van der Waals surface area contributed by atoms with E-state index in [1.165, 1.54) is 19.3 Å². The monoisotopic (exact) mass is 363 g/mol. The van der Waals surface area contributed by atoms with Crippen molar-refractivity contribution in [2.45, 2.75) is 39.0 Å². The number of hydrogen-bond acceptors (Lipinski definition) is 0. The molecule has 1 fully saturated rings. The molecule has 1 aliphatic heterocycles. The van der Waals surface area contributed by atoms with Gasteiger partial charge in [-0.3, -0.25) is 0 Å². The van der Waals surface area contributed by atoms with E-state index in [1.54, 1.807) is 0 Å². The van der Waals surface area contributed by atoms with E-state index in [0.29, 0.717) is 0 Å². The van der Waals surface area contributed by atoms with E-state index in [9.17, 15) is 0 Å². The topological polar surface area (TPSA) is 14.1 Å². The summed E-state index contributed by atoms with van der Waals surface area (Å²) in [6, 6.07) is 0. The van der Waals surface area contributed by atoms with Crippen LogP contribution in [0, 0.1) is 25.2 Å². The molecule has 0 aromatic carbocycles. The van der Waals surface area contributed by atoms with Gasteiger partial charge in [0.1, 0.15) is 0 Å². The van der Waals surface area contributed by atoms with Crippen molar-refractivity contribution < 1.29 is 21.1 Å². The summed E-state index contributed by atoms with van der Waals surface area (Å²) in [5, 5.41) is 4.32. The van der Waals surface area contributed by atoms with Gasteiger partial charge in [-0.15, -0.1) is 24.9 Å². The summed E-state index contributed by atoms with van der Waals surface area (Å²) in [6.45, 7) is 4.31. The molecule has 0 aromatic heterocycles. The largest absolute Gasteiger partial charge is 2.00 e. The first-order valence-electron chi connectivity index (χ1n) is 5.02. The van der Waals surface area contributed by atoms with Crippen LogP contribution in [0.1, 0.15) is 39.0 Å². The first kappa shape index (κ1) is 16.6. The molecule has 1 rings (SSSR count). The van der Waals surface area contributed by atoms with Crippen LogP contribution in [0.2, 0.25) is 0 Å². The molecule has 1 saturated heterocycles. The van der Waals surface area contributed by atoms with E-state index >= 15 is 0 Å². The van der Waals surface area contributed by atoms with E-state index in [1.807, 2.05) is 0 Å². The van der Waals surface area contributed by atoms with Crippen LogP contribution in [-0.4, -0.2) is 13.1 Å². The van der Waals surface area contributed by atoms with E-state index in [-0.39, 0.29) is 28.5 Å². The fourth-order valence-electron chi connectivity index (χ4n) is 1.44. The number of piperidine rings is 1. The van der Waals surface area contributed by atoms with Crippen LogP contribution >= 0.6 is 0 Å². The fraction of sp³-hybridized carbons (Fsp3) is 0.750. The minimum atomic E-state index is 0. The molecule has 0 radical (unpaired) electrons. The average Bonchev–Trinajstić information content (AvgIpc) is 2.14. The van der Waals surface area contributed by atoms with Crippen LogP contribution in [0.15, 0.2) is 0 Å². The maximum atomic E-state index is 4.32. The minimum absolute atomic E-state index is 0. The van der Waals surface area contributed by atoms with E-state index in [2.05, 4.69) is 24.1 Å². The van der Waals surface area contributed by atoms with Gasteiger partial charge in [0.05, 0.1) is 0 Å². The SMILES string of the molecule is CCCC#CCC1CC[N-]CC1.[CH3-].[W+2]. The normalized spacial score (nSPS) is 15.8. The summed E-state index contributed by atoms with van der Waals surface area (Å²) in [6.07, 6.45) is 5.89. The summed E-state index contributed by atoms with van der Waals surface area (Å²) in [4.78, 5) is 0. The average molecular weight is 363 g/mol. The Kier molecular flexibility index (Phi) is 13.4. The molecule has 0 spiro atoms. The molecule has 0 unspecified atom stereocenters. The molecule has 80 valence electrons. The molecule has 0 N–H and O–H groups in total. The predicted molar refractivity (Wildman–Crippen MR) is 59.5 cm³/mol. The molecule has 14 heavy (non-hydrogen) atoms. The van der Waals surface area contributed by atoms with Gasteiger partial charge in [0.2, 0.25) is 0 Å². The first-order valence-corrected chi connectivity index (χ1v) is 5.02. The van der Waals surface area contributed by atoms with Gasteiger partial charge in [-0.25, -0.2) is 0 Å². The van der Waals surface area contributed by atoms with E-state index in [4.69, 9.17) is 0 Å². The second kappa shape index (κ2) is 11.3. The van der Waals surface area contributed by atoms with Gasteiger partial charge in [0.15, 0.2) is 0 Å². The third-order valence-electron chi connectivity index (χ3n) is 2.28. The van der Waals surface area contributed by atoms with Crippen LogP contribution in [0.3, 0.4) is 0 Å². The van der Waals surface area contributed by atoms with Crippen molar-refractivity contribution in [3.8, 4) is 11.8 Å². The molecular weight excluding hydrogens is 342 g/mol. The second-order valence-electron chi connectivity index (χ2n) is 3.42. The van der Waals surface area contributed by atoms with Gasteiger partial charge in [-0.2, -0.15) is 0 Å². The summed E-state index contributed by atoms with van der Waals surface area (Å²) < 4.78 is 0. The van der Waals surface area contributed by atoms with Gasteiger partial charge in [0.25, 0.3) is 0 Å². The number of rotatable bonds is 2. The molecule has 0 saturated carbocycles. The Bertz CT molecular complexity index is 163. The number of unbranched alkanes of at least 4 members (excludes halogenated alkanes) is 1. The van der Waals surface area contributed by atoms with Gasteiger partial charge < -0.3 is 12.7 Å². The Balaban J connectivity index is 0. The molecule has 0 bridgehead atoms. The summed E-state index contributed by atoms with van der Waals surface area (Å²) in [5.74, 6) is 7.31. The van der Waals surface area contributed by atoms with Crippen LogP contribution in [-0.2, 0) is 21.1 Å². The molecule has 1 aliphatic rings. The Hall–Kier alpha value is 0.208. The zero-order chi connectivity index (χ0) is 8.65. The van der Waals surface area contributed by atoms with Crippen LogP contribution in [0.5, 0.6) is 0 Å². The smallest absolute Gasteiger partial charge is 0.662 e. The zero-order valence-corrected chi connectivity index (χ0v) is 12.3. The van der Waals surface area contributed by atoms with Crippen molar-refractivity contribution in [3.05, 3.63) is 12.7 Å². The number of hydrogen-bond donors (Lipinski definition) is 0. The summed E-state index contributed by atoms with van der Waals surface area (Å²) in [7, 11) is 0. The van der Waals surface area contributed by atoms with Crippen molar-refractivity contribution in [1.29, 1.82) is 0 Å². The van der Waals surface area contributed by atoms with E-state index < -0.39 is 0 Å². The van der Waals surface area contributed by atoms with Gasteiger partial charge >= 0.3 is 21.1 Å². The van der Waals surface area contributed by atoms with Gasteiger partial charge in [-0.1, -0.05) is 19.8 Å². The van der Waals surface area contributed by atoms with Crippen molar-refractivity contribution in [2.75, 3.05) is 13.1 Å². The molecule has 1 heterocycles. The summed E-state index contributed by atoms with van der Waals surface area (Å²) >= 11 is 0. The molecule has 0 aliphatic carbocycles. The van der Waals surface area contributed by atoms with Crippen molar-refractivity contribution in [1.82, 2.24) is 0 Å². The fourth-order valence-corrected chi connectivity index (χ4v) is 1.44. The second-order valence-corrected chi connectivity index (χ2v) is 3.42. The van der Waals surface area contributed by atoms with Crippen molar-refractivity contribution >= 4 is 0 Å². The minimum Gasteiger partial charge on any atom is -0.662 e. The molecule has 0 atom stereocenters. The molecule has 0 aromatic rings. The standard InChI is InChI=1S/C11H18N.CH3.W/c1-2-3-4-5-6-11-7-9-12-10-8-11;;/h11H,2-3,6-10H2,1H3;1H3;/q2*-1;+2. The molecule has 2 heteroatoms. The predicted octanol–water partition coefficient (Wildman–Crippen LogP) is 3.41. The Morgan fingerprint density at radius 1 is 1.21 bits per heavy atom. The zero-order valence-electron chi connectivity index (χ0n) is 9.38. The molecular formula is C12H21NW. The first-order chi connectivity index (χ1) is 5.93. The third-order valence-corrected chi connectivity index (χ3v) is 2.28. The van der Waals surface area contributed by atoms with Gasteiger partial charge in [-0.05, 0) is 12.3 Å². The number of nitrogens with zero attached hydrogens (tertiary/aromatic N) is 1. The Labute approximate surface area is 104 Å². The maximum Gasteiger partial charge on any atom is 2.00 e. The molecule has 0 amide bonds. The van der Waals surface area contributed by atoms with E-state index in [0.717, 1.165) is 31.8 Å². The Morgan fingerprint density at radius 3 is 2.43 bits per heavy atom. The quantitative estimate of drug-likeness (QED) is 0.528. The molecule has 1 nitrogen and oxygen atoms in total. The van der Waals surface area contributed by atoms with Crippen LogP contribution in [0.4, 0.5) is 0 Å². The third kappa shape index (κ3) is 7.60. The van der Waals surface area contributed by atoms with Gasteiger partial charge in [0, 0.05) is 12.8 Å². The van der Waals surface area contributed by atoms with Crippen LogP contribution in [0.25, 0.3) is 5.32 Å². The van der Waals surface area contributed by atoms with Crippen molar-refractivity contribution in [3.63, 3.8) is 0 Å². The Morgan fingerprint density at radius 2 is 1.86 bits per heavy atom. The van der Waals surface area contributed by atoms with Crippen molar-refractivity contribution in [2.24, 2.45) is 5.92 Å².